The molecule has 7 nitrogen and oxygen atoms in total. The van der Waals surface area contributed by atoms with E-state index in [0.29, 0.717) is 19.6 Å². The summed E-state index contributed by atoms with van der Waals surface area (Å²) in [7, 11) is -3.03. The number of hydrogen-bond acceptors (Lipinski definition) is 6. The van der Waals surface area contributed by atoms with Crippen molar-refractivity contribution >= 4 is 21.7 Å². The van der Waals surface area contributed by atoms with E-state index in [-0.39, 0.29) is 28.8 Å². The van der Waals surface area contributed by atoms with E-state index < -0.39 is 9.84 Å². The fourth-order valence-corrected chi connectivity index (χ4v) is 8.58. The highest BCUT2D eigenvalue weighted by Crippen LogP contribution is 2.47. The van der Waals surface area contributed by atoms with Gasteiger partial charge in [0.25, 0.3) is 0 Å². The Labute approximate surface area is 215 Å². The first-order valence-electron chi connectivity index (χ1n) is 12.6. The molecule has 0 amide bonds. The maximum Gasteiger partial charge on any atom is 0.172 e. The molecule has 7 rings (SSSR count). The number of aromatic nitrogens is 2. The van der Waals surface area contributed by atoms with Crippen LogP contribution in [0, 0.1) is 18.2 Å². The van der Waals surface area contributed by atoms with Crippen molar-refractivity contribution in [2.45, 2.75) is 32.2 Å². The molecule has 1 atom stereocenters. The van der Waals surface area contributed by atoms with E-state index in [1.54, 1.807) is 12.1 Å². The van der Waals surface area contributed by atoms with Crippen molar-refractivity contribution in [2.24, 2.45) is 10.6 Å². The minimum atomic E-state index is -3.03. The molecule has 0 bridgehead atoms. The smallest absolute Gasteiger partial charge is 0.172 e. The number of imidazole rings is 1. The monoisotopic (exact) mass is 518 g/mol. The molecule has 2 fully saturated rings. The average Bonchev–Trinajstić information content (AvgIpc) is 3.25. The van der Waals surface area contributed by atoms with E-state index in [1.807, 2.05) is 19.4 Å². The van der Waals surface area contributed by atoms with Gasteiger partial charge in [0.2, 0.25) is 0 Å². The summed E-state index contributed by atoms with van der Waals surface area (Å²) < 4.78 is 40.3. The molecule has 4 aliphatic rings. The van der Waals surface area contributed by atoms with Crippen LogP contribution in [0.25, 0.3) is 11.8 Å². The van der Waals surface area contributed by atoms with E-state index in [0.717, 1.165) is 46.8 Å². The van der Waals surface area contributed by atoms with E-state index in [2.05, 4.69) is 37.8 Å². The van der Waals surface area contributed by atoms with Gasteiger partial charge in [-0.1, -0.05) is 23.4 Å². The predicted molar refractivity (Wildman–Crippen MR) is 139 cm³/mol. The molecule has 37 heavy (non-hydrogen) atoms. The zero-order valence-corrected chi connectivity index (χ0v) is 21.3. The summed E-state index contributed by atoms with van der Waals surface area (Å²) >= 11 is 0. The number of sulfone groups is 1. The van der Waals surface area contributed by atoms with E-state index in [9.17, 15) is 12.8 Å². The van der Waals surface area contributed by atoms with Crippen molar-refractivity contribution in [1.82, 2.24) is 14.5 Å². The van der Waals surface area contributed by atoms with Gasteiger partial charge in [-0.25, -0.2) is 17.8 Å². The van der Waals surface area contributed by atoms with Gasteiger partial charge in [-0.3, -0.25) is 0 Å². The van der Waals surface area contributed by atoms with E-state index in [1.165, 1.54) is 23.3 Å². The highest BCUT2D eigenvalue weighted by molar-refractivity contribution is 7.92. The van der Waals surface area contributed by atoms with Crippen molar-refractivity contribution in [3.05, 3.63) is 88.3 Å². The summed E-state index contributed by atoms with van der Waals surface area (Å²) in [6, 6.07) is 10.6. The molecular weight excluding hydrogens is 491 g/mol. The lowest BCUT2D eigenvalue weighted by Crippen LogP contribution is -2.61. The number of hydrogen-bond donors (Lipinski definition) is 0. The number of fused-ring (bicyclic) bond motifs is 2. The van der Waals surface area contributed by atoms with Crippen LogP contribution in [-0.4, -0.2) is 53.4 Å². The maximum absolute atomic E-state index is 13.6. The van der Waals surface area contributed by atoms with E-state index in [4.69, 9.17) is 4.84 Å². The highest BCUT2D eigenvalue weighted by atomic mass is 32.2. The predicted octanol–water partition coefficient (Wildman–Crippen LogP) is 4.01. The Bertz CT molecular complexity index is 1580. The third-order valence-corrected chi connectivity index (χ3v) is 10.2. The van der Waals surface area contributed by atoms with Gasteiger partial charge in [-0.05, 0) is 78.3 Å². The minimum absolute atomic E-state index is 0.160. The van der Waals surface area contributed by atoms with Gasteiger partial charge in [0.15, 0.2) is 15.7 Å². The first kappa shape index (κ1) is 22.7. The molecule has 4 heterocycles. The van der Waals surface area contributed by atoms with Gasteiger partial charge < -0.3 is 14.3 Å². The summed E-state index contributed by atoms with van der Waals surface area (Å²) in [5, 5.41) is 4.46. The molecule has 2 saturated heterocycles. The van der Waals surface area contributed by atoms with Crippen LogP contribution < -0.4 is 0 Å². The molecular formula is C28H27FN4O3S. The van der Waals surface area contributed by atoms with Gasteiger partial charge >= 0.3 is 0 Å². The van der Waals surface area contributed by atoms with Crippen LogP contribution in [-0.2, 0) is 27.5 Å². The fourth-order valence-electron chi connectivity index (χ4n) is 6.41. The Hall–Kier alpha value is -3.46. The Morgan fingerprint density at radius 1 is 1.11 bits per heavy atom. The summed E-state index contributed by atoms with van der Waals surface area (Å²) in [4.78, 5) is 12.2. The molecule has 0 saturated carbocycles. The lowest BCUT2D eigenvalue weighted by atomic mass is 9.77. The lowest BCUT2D eigenvalue weighted by molar-refractivity contribution is 0.0392. The third-order valence-electron chi connectivity index (χ3n) is 8.08. The van der Waals surface area contributed by atoms with Crippen LogP contribution in [0.4, 0.5) is 4.39 Å². The normalized spacial score (nSPS) is 23.9. The minimum Gasteiger partial charge on any atom is -0.392 e. The lowest BCUT2D eigenvalue weighted by Gasteiger charge is -2.52. The largest absolute Gasteiger partial charge is 0.392 e. The number of halogens is 1. The summed E-state index contributed by atoms with van der Waals surface area (Å²) in [5.74, 6) is 0.810. The second kappa shape index (κ2) is 8.02. The summed E-state index contributed by atoms with van der Waals surface area (Å²) in [5.41, 5.74) is 7.49. The number of oxime groups is 1. The third kappa shape index (κ3) is 3.79. The number of nitrogens with zero attached hydrogens (tertiary/aromatic N) is 4. The van der Waals surface area contributed by atoms with Crippen LogP contribution in [0.2, 0.25) is 0 Å². The van der Waals surface area contributed by atoms with Gasteiger partial charge in [0, 0.05) is 23.8 Å². The molecule has 3 aromatic rings. The molecule has 0 N–H and O–H groups in total. The molecule has 1 aromatic heterocycles. The zero-order valence-electron chi connectivity index (χ0n) is 20.5. The molecule has 190 valence electrons. The molecule has 0 radical (unpaired) electrons. The van der Waals surface area contributed by atoms with Crippen LogP contribution in [0.15, 0.2) is 59.7 Å². The van der Waals surface area contributed by atoms with Crippen molar-refractivity contribution in [2.75, 3.05) is 24.7 Å². The van der Waals surface area contributed by atoms with Crippen molar-refractivity contribution in [3.63, 3.8) is 0 Å². The van der Waals surface area contributed by atoms with Gasteiger partial charge in [0.05, 0.1) is 29.6 Å². The number of amidine groups is 1. The molecule has 2 aromatic carbocycles. The molecule has 1 unspecified atom stereocenters. The van der Waals surface area contributed by atoms with Gasteiger partial charge in [-0.2, -0.15) is 0 Å². The average molecular weight is 519 g/mol. The Morgan fingerprint density at radius 3 is 2.57 bits per heavy atom. The quantitative estimate of drug-likeness (QED) is 0.524. The highest BCUT2D eigenvalue weighted by Gasteiger charge is 2.54. The first-order chi connectivity index (χ1) is 17.8. The molecule has 9 heteroatoms. The molecule has 1 spiro atoms. The maximum atomic E-state index is 13.6. The second-order valence-corrected chi connectivity index (χ2v) is 12.9. The Kier molecular flexibility index (Phi) is 4.92. The van der Waals surface area contributed by atoms with Crippen LogP contribution in [0.3, 0.4) is 0 Å². The van der Waals surface area contributed by atoms with Crippen LogP contribution in [0.1, 0.15) is 40.4 Å². The fraction of sp³-hybridized carbons (Fsp3) is 0.357. The van der Waals surface area contributed by atoms with Crippen LogP contribution >= 0.6 is 0 Å². The van der Waals surface area contributed by atoms with Gasteiger partial charge in [-0.15, -0.1) is 0 Å². The zero-order chi connectivity index (χ0) is 25.4. The summed E-state index contributed by atoms with van der Waals surface area (Å²) in [6.07, 6.45) is 8.72. The van der Waals surface area contributed by atoms with Crippen molar-refractivity contribution in [3.8, 4) is 5.69 Å². The first-order valence-corrected chi connectivity index (χ1v) is 14.4. The number of rotatable bonds is 3. The molecule has 3 aliphatic heterocycles. The SMILES string of the molecule is Cc1cn(-c2ccc(/C=C3\CC4(CN5C3=NOCC5c3ccc(F)cc3)CS(=O)(=O)C4)c3c2CC3)cn1. The number of piperidine rings is 1. The van der Waals surface area contributed by atoms with Crippen molar-refractivity contribution < 1.29 is 17.6 Å². The van der Waals surface area contributed by atoms with Gasteiger partial charge in [0.1, 0.15) is 12.4 Å². The standard InChI is InChI=1S/C28H27FN4O3S/c1-18-12-32(17-30-18)25-9-4-20(23-7-8-24(23)25)10-21-11-28(15-37(34,35)16-28)14-33-26(13-36-31-27(21)33)19-2-5-22(29)6-3-19/h2-6,9-10,12,17,26H,7-8,11,13-16H2,1H3/b21-10+. The number of aryl methyl sites for hydroxylation is 1. The Balaban J connectivity index is 1.29. The Morgan fingerprint density at radius 2 is 1.89 bits per heavy atom. The van der Waals surface area contributed by atoms with Crippen molar-refractivity contribution in [1.29, 1.82) is 0 Å². The van der Waals surface area contributed by atoms with Crippen LogP contribution in [0.5, 0.6) is 0 Å². The summed E-state index contributed by atoms with van der Waals surface area (Å²) in [6.45, 7) is 2.91. The second-order valence-electron chi connectivity index (χ2n) is 10.8. The number of benzene rings is 2. The van der Waals surface area contributed by atoms with E-state index >= 15 is 0 Å². The molecule has 1 aliphatic carbocycles. The topological polar surface area (TPSA) is 76.8 Å².